The maximum Gasteiger partial charge on any atom is 0.285 e. The Morgan fingerprint density at radius 2 is 1.94 bits per heavy atom. The number of rotatable bonds is 6. The van der Waals surface area contributed by atoms with E-state index >= 15 is 0 Å². The third-order valence-electron chi connectivity index (χ3n) is 3.69. The van der Waals surface area contributed by atoms with Crippen molar-refractivity contribution < 1.29 is 13.5 Å². The molecule has 1 saturated carbocycles. The van der Waals surface area contributed by atoms with Gasteiger partial charge in [-0.15, -0.1) is 0 Å². The summed E-state index contributed by atoms with van der Waals surface area (Å²) < 4.78 is 33.1. The highest BCUT2D eigenvalue weighted by molar-refractivity contribution is 5.20. The first-order chi connectivity index (χ1) is 8.58. The number of halogens is 2. The molecule has 0 aromatic heterocycles. The Kier molecular flexibility index (Phi) is 3.97. The minimum absolute atomic E-state index is 0.0533. The molecule has 1 aromatic carbocycles. The summed E-state index contributed by atoms with van der Waals surface area (Å²) in [5.74, 6) is -2.83. The average molecular weight is 255 g/mol. The fourth-order valence-electron chi connectivity index (χ4n) is 2.26. The first-order valence-electron chi connectivity index (χ1n) is 6.27. The van der Waals surface area contributed by atoms with Crippen molar-refractivity contribution in [3.63, 3.8) is 0 Å². The Morgan fingerprint density at radius 3 is 2.44 bits per heavy atom. The van der Waals surface area contributed by atoms with E-state index < -0.39 is 5.92 Å². The summed E-state index contributed by atoms with van der Waals surface area (Å²) in [6.45, 7) is 0.147. The van der Waals surface area contributed by atoms with E-state index in [9.17, 15) is 8.78 Å². The van der Waals surface area contributed by atoms with E-state index in [4.69, 9.17) is 4.74 Å². The van der Waals surface area contributed by atoms with Gasteiger partial charge in [0, 0.05) is 19.2 Å². The van der Waals surface area contributed by atoms with Crippen molar-refractivity contribution in [3.05, 3.63) is 35.9 Å². The SMILES string of the molecule is COC1(CNCC(F)(F)c2ccccc2)CCC1. The predicted octanol–water partition coefficient (Wildman–Crippen LogP) is 2.94. The van der Waals surface area contributed by atoms with Crippen LogP contribution in [-0.2, 0) is 10.7 Å². The van der Waals surface area contributed by atoms with Gasteiger partial charge in [-0.25, -0.2) is 0 Å². The van der Waals surface area contributed by atoms with Crippen LogP contribution in [0.5, 0.6) is 0 Å². The molecule has 0 amide bonds. The molecule has 1 N–H and O–H groups in total. The van der Waals surface area contributed by atoms with Crippen LogP contribution < -0.4 is 5.32 Å². The van der Waals surface area contributed by atoms with Crippen molar-refractivity contribution in [2.24, 2.45) is 0 Å². The molecule has 0 atom stereocenters. The fourth-order valence-corrected chi connectivity index (χ4v) is 2.26. The summed E-state index contributed by atoms with van der Waals surface area (Å²) in [5.41, 5.74) is -0.162. The molecule has 4 heteroatoms. The summed E-state index contributed by atoms with van der Waals surface area (Å²) >= 11 is 0. The molecule has 0 radical (unpaired) electrons. The van der Waals surface area contributed by atoms with Crippen LogP contribution in [0.25, 0.3) is 0 Å². The monoisotopic (exact) mass is 255 g/mol. The van der Waals surface area contributed by atoms with Crippen molar-refractivity contribution in [1.82, 2.24) is 5.32 Å². The first kappa shape index (κ1) is 13.4. The average Bonchev–Trinajstić information content (AvgIpc) is 2.34. The van der Waals surface area contributed by atoms with Crippen molar-refractivity contribution in [2.75, 3.05) is 20.2 Å². The van der Waals surface area contributed by atoms with Crippen LogP contribution in [0.1, 0.15) is 24.8 Å². The molecule has 2 nitrogen and oxygen atoms in total. The molecule has 0 aliphatic heterocycles. The highest BCUT2D eigenvalue weighted by Gasteiger charge is 2.38. The third kappa shape index (κ3) is 2.87. The van der Waals surface area contributed by atoms with Gasteiger partial charge < -0.3 is 10.1 Å². The maximum absolute atomic E-state index is 13.9. The van der Waals surface area contributed by atoms with Crippen molar-refractivity contribution >= 4 is 0 Å². The first-order valence-corrected chi connectivity index (χ1v) is 6.27. The zero-order chi connectivity index (χ0) is 13.1. The second kappa shape index (κ2) is 5.33. The van der Waals surface area contributed by atoms with Gasteiger partial charge in [0.05, 0.1) is 12.1 Å². The van der Waals surface area contributed by atoms with Crippen molar-refractivity contribution in [3.8, 4) is 0 Å². The van der Waals surface area contributed by atoms with Gasteiger partial charge in [0.2, 0.25) is 0 Å². The molecule has 2 rings (SSSR count). The van der Waals surface area contributed by atoms with E-state index in [-0.39, 0.29) is 17.7 Å². The molecule has 0 heterocycles. The Labute approximate surface area is 106 Å². The van der Waals surface area contributed by atoms with E-state index in [0.717, 1.165) is 19.3 Å². The van der Waals surface area contributed by atoms with Gasteiger partial charge in [-0.1, -0.05) is 30.3 Å². The zero-order valence-electron chi connectivity index (χ0n) is 10.6. The van der Waals surface area contributed by atoms with Gasteiger partial charge in [0.15, 0.2) is 0 Å². The van der Waals surface area contributed by atoms with Crippen LogP contribution in [0.3, 0.4) is 0 Å². The molecular weight excluding hydrogens is 236 g/mol. The fraction of sp³-hybridized carbons (Fsp3) is 0.571. The molecule has 1 fully saturated rings. The van der Waals surface area contributed by atoms with Gasteiger partial charge >= 0.3 is 0 Å². The molecule has 0 spiro atoms. The van der Waals surface area contributed by atoms with Crippen LogP contribution in [0.4, 0.5) is 8.78 Å². The van der Waals surface area contributed by atoms with E-state index in [1.807, 2.05) is 0 Å². The molecule has 1 aliphatic rings. The molecule has 0 unspecified atom stereocenters. The molecule has 0 saturated heterocycles. The smallest absolute Gasteiger partial charge is 0.285 e. The Hall–Kier alpha value is -1.00. The van der Waals surface area contributed by atoms with E-state index in [0.29, 0.717) is 6.54 Å². The number of ether oxygens (including phenoxy) is 1. The van der Waals surface area contributed by atoms with E-state index in [1.54, 1.807) is 25.3 Å². The Morgan fingerprint density at radius 1 is 1.28 bits per heavy atom. The summed E-state index contributed by atoms with van der Waals surface area (Å²) in [7, 11) is 1.65. The summed E-state index contributed by atoms with van der Waals surface area (Å²) in [6, 6.07) is 7.91. The maximum atomic E-state index is 13.9. The highest BCUT2D eigenvalue weighted by atomic mass is 19.3. The largest absolute Gasteiger partial charge is 0.377 e. The molecule has 1 aliphatic carbocycles. The lowest BCUT2D eigenvalue weighted by Crippen LogP contribution is -2.49. The second-order valence-corrected chi connectivity index (χ2v) is 4.91. The van der Waals surface area contributed by atoms with E-state index in [2.05, 4.69) is 5.32 Å². The highest BCUT2D eigenvalue weighted by Crippen LogP contribution is 2.34. The van der Waals surface area contributed by atoms with Crippen LogP contribution >= 0.6 is 0 Å². The Balaban J connectivity index is 1.86. The number of benzene rings is 1. The van der Waals surface area contributed by atoms with Gasteiger partial charge in [-0.2, -0.15) is 8.78 Å². The summed E-state index contributed by atoms with van der Waals surface area (Å²) in [5, 5.41) is 2.84. The number of hydrogen-bond acceptors (Lipinski definition) is 2. The van der Waals surface area contributed by atoms with Gasteiger partial charge in [0.25, 0.3) is 5.92 Å². The standard InChI is InChI=1S/C14H19F2NO/c1-18-13(8-5-9-13)10-17-11-14(15,16)12-6-3-2-4-7-12/h2-4,6-7,17H,5,8-11H2,1H3. The van der Waals surface area contributed by atoms with Crippen LogP contribution in [0, 0.1) is 0 Å². The van der Waals surface area contributed by atoms with Crippen molar-refractivity contribution in [2.45, 2.75) is 30.8 Å². The minimum atomic E-state index is -2.83. The molecule has 100 valence electrons. The van der Waals surface area contributed by atoms with Crippen LogP contribution in [0.2, 0.25) is 0 Å². The number of hydrogen-bond donors (Lipinski definition) is 1. The Bertz CT molecular complexity index is 371. The van der Waals surface area contributed by atoms with Crippen LogP contribution in [-0.4, -0.2) is 25.8 Å². The van der Waals surface area contributed by atoms with Crippen LogP contribution in [0.15, 0.2) is 30.3 Å². The summed E-state index contributed by atoms with van der Waals surface area (Å²) in [6.07, 6.45) is 3.02. The van der Waals surface area contributed by atoms with Gasteiger partial charge in [-0.05, 0) is 19.3 Å². The quantitative estimate of drug-likeness (QED) is 0.844. The lowest BCUT2D eigenvalue weighted by atomic mass is 9.80. The van der Waals surface area contributed by atoms with Gasteiger partial charge in [-0.3, -0.25) is 0 Å². The van der Waals surface area contributed by atoms with Gasteiger partial charge in [0.1, 0.15) is 0 Å². The topological polar surface area (TPSA) is 21.3 Å². The third-order valence-corrected chi connectivity index (χ3v) is 3.69. The second-order valence-electron chi connectivity index (χ2n) is 4.91. The molecular formula is C14H19F2NO. The lowest BCUT2D eigenvalue weighted by Gasteiger charge is -2.41. The van der Waals surface area contributed by atoms with Crippen molar-refractivity contribution in [1.29, 1.82) is 0 Å². The lowest BCUT2D eigenvalue weighted by molar-refractivity contribution is -0.0759. The normalized spacial score (nSPS) is 18.4. The molecule has 1 aromatic rings. The summed E-state index contributed by atoms with van der Waals surface area (Å²) in [4.78, 5) is 0. The number of nitrogens with one attached hydrogen (secondary N) is 1. The zero-order valence-corrected chi connectivity index (χ0v) is 10.6. The molecule has 0 bridgehead atoms. The molecule has 18 heavy (non-hydrogen) atoms. The number of alkyl halides is 2. The van der Waals surface area contributed by atoms with E-state index in [1.165, 1.54) is 12.1 Å². The minimum Gasteiger partial charge on any atom is -0.377 e. The predicted molar refractivity (Wildman–Crippen MR) is 66.8 cm³/mol. The number of methoxy groups -OCH3 is 1.